The average molecular weight is 308 g/mol. The minimum Gasteiger partial charge on any atom is -0.376 e. The Hall–Kier alpha value is -1.40. The van der Waals surface area contributed by atoms with Crippen molar-refractivity contribution in [2.24, 2.45) is 5.92 Å². The molecule has 2 heterocycles. The smallest absolute Gasteiger partial charge is 0.261 e. The number of aryl methyl sites for hydroxylation is 1. The van der Waals surface area contributed by atoms with Crippen LogP contribution in [0.1, 0.15) is 40.9 Å². The summed E-state index contributed by atoms with van der Waals surface area (Å²) >= 11 is 1.34. The van der Waals surface area contributed by atoms with Gasteiger partial charge >= 0.3 is 0 Å². The van der Waals surface area contributed by atoms with Gasteiger partial charge in [-0.1, -0.05) is 0 Å². The topological polar surface area (TPSA) is 67.4 Å². The Morgan fingerprint density at radius 1 is 1.38 bits per heavy atom. The van der Waals surface area contributed by atoms with Crippen molar-refractivity contribution in [2.45, 2.75) is 38.7 Å². The first-order chi connectivity index (χ1) is 10.1. The summed E-state index contributed by atoms with van der Waals surface area (Å²) in [5.41, 5.74) is 0.899. The van der Waals surface area contributed by atoms with Gasteiger partial charge in [-0.15, -0.1) is 11.3 Å². The lowest BCUT2D eigenvalue weighted by Gasteiger charge is -2.10. The average Bonchev–Trinajstić information content (AvgIpc) is 3.06. The maximum absolute atomic E-state index is 12.2. The van der Waals surface area contributed by atoms with Crippen molar-refractivity contribution < 1.29 is 14.3 Å². The van der Waals surface area contributed by atoms with Gasteiger partial charge in [-0.05, 0) is 44.2 Å². The summed E-state index contributed by atoms with van der Waals surface area (Å²) in [5, 5.41) is 6.57. The Balaban J connectivity index is 1.57. The van der Waals surface area contributed by atoms with E-state index >= 15 is 0 Å². The highest BCUT2D eigenvalue weighted by Gasteiger charge is 2.30. The zero-order valence-electron chi connectivity index (χ0n) is 12.1. The van der Waals surface area contributed by atoms with Gasteiger partial charge in [0.25, 0.3) is 5.91 Å². The van der Waals surface area contributed by atoms with Crippen LogP contribution in [0.3, 0.4) is 0 Å². The molecule has 1 aromatic rings. The molecule has 5 nitrogen and oxygen atoms in total. The van der Waals surface area contributed by atoms with E-state index in [1.807, 2.05) is 13.0 Å². The predicted molar refractivity (Wildman–Crippen MR) is 81.7 cm³/mol. The molecule has 21 heavy (non-hydrogen) atoms. The van der Waals surface area contributed by atoms with E-state index in [0.717, 1.165) is 42.9 Å². The highest BCUT2D eigenvalue weighted by molar-refractivity contribution is 7.18. The van der Waals surface area contributed by atoms with Crippen LogP contribution in [0.5, 0.6) is 0 Å². The predicted octanol–water partition coefficient (Wildman–Crippen LogP) is 2.31. The van der Waals surface area contributed by atoms with Gasteiger partial charge in [0.05, 0.1) is 16.0 Å². The number of carbonyl (C=O) groups is 2. The van der Waals surface area contributed by atoms with Crippen LogP contribution in [-0.2, 0) is 9.53 Å². The lowest BCUT2D eigenvalue weighted by molar-refractivity contribution is -0.117. The maximum Gasteiger partial charge on any atom is 0.261 e. The summed E-state index contributed by atoms with van der Waals surface area (Å²) in [7, 11) is 0. The summed E-state index contributed by atoms with van der Waals surface area (Å²) in [6.07, 6.45) is 4.17. The van der Waals surface area contributed by atoms with E-state index in [0.29, 0.717) is 11.4 Å². The summed E-state index contributed by atoms with van der Waals surface area (Å²) in [5.74, 6) is 0.159. The van der Waals surface area contributed by atoms with E-state index < -0.39 is 0 Å². The van der Waals surface area contributed by atoms with E-state index in [4.69, 9.17) is 4.74 Å². The SMILES string of the molecule is Cc1cc(NC(=O)C2CC2)sc1C(=O)NCC1CCCO1. The Morgan fingerprint density at radius 3 is 2.86 bits per heavy atom. The molecule has 3 rings (SSSR count). The number of carbonyl (C=O) groups excluding carboxylic acids is 2. The number of amides is 2. The van der Waals surface area contributed by atoms with E-state index in [2.05, 4.69) is 10.6 Å². The van der Waals surface area contributed by atoms with Crippen LogP contribution < -0.4 is 10.6 Å². The van der Waals surface area contributed by atoms with Crippen LogP contribution in [0.25, 0.3) is 0 Å². The monoisotopic (exact) mass is 308 g/mol. The summed E-state index contributed by atoms with van der Waals surface area (Å²) in [6.45, 7) is 3.24. The number of anilines is 1. The molecule has 2 aliphatic rings. The zero-order chi connectivity index (χ0) is 14.8. The van der Waals surface area contributed by atoms with E-state index in [1.165, 1.54) is 11.3 Å². The number of ether oxygens (including phenoxy) is 1. The van der Waals surface area contributed by atoms with E-state index in [1.54, 1.807) is 0 Å². The van der Waals surface area contributed by atoms with Crippen LogP contribution in [0, 0.1) is 12.8 Å². The lowest BCUT2D eigenvalue weighted by atomic mass is 10.2. The molecule has 6 heteroatoms. The van der Waals surface area contributed by atoms with Gasteiger partial charge < -0.3 is 15.4 Å². The Labute approximate surface area is 128 Å². The summed E-state index contributed by atoms with van der Waals surface area (Å²) in [4.78, 5) is 24.6. The number of hydrogen-bond donors (Lipinski definition) is 2. The first-order valence-electron chi connectivity index (χ1n) is 7.44. The molecule has 0 bridgehead atoms. The molecule has 1 aromatic heterocycles. The third-order valence-electron chi connectivity index (χ3n) is 3.83. The van der Waals surface area contributed by atoms with Gasteiger partial charge in [0.1, 0.15) is 0 Å². The molecule has 1 aliphatic carbocycles. The number of hydrogen-bond acceptors (Lipinski definition) is 4. The number of nitrogens with one attached hydrogen (secondary N) is 2. The van der Waals surface area contributed by atoms with Crippen LogP contribution in [0.15, 0.2) is 6.07 Å². The Kier molecular flexibility index (Phi) is 4.26. The second kappa shape index (κ2) is 6.15. The molecule has 114 valence electrons. The van der Waals surface area contributed by atoms with Crippen molar-refractivity contribution in [1.82, 2.24) is 5.32 Å². The number of rotatable bonds is 5. The van der Waals surface area contributed by atoms with E-state index in [9.17, 15) is 9.59 Å². The van der Waals surface area contributed by atoms with Crippen LogP contribution in [-0.4, -0.2) is 31.1 Å². The second-order valence-electron chi connectivity index (χ2n) is 5.73. The lowest BCUT2D eigenvalue weighted by Crippen LogP contribution is -2.31. The maximum atomic E-state index is 12.2. The largest absolute Gasteiger partial charge is 0.376 e. The molecule has 1 aliphatic heterocycles. The first-order valence-corrected chi connectivity index (χ1v) is 8.26. The van der Waals surface area contributed by atoms with Crippen molar-refractivity contribution in [3.8, 4) is 0 Å². The van der Waals surface area contributed by atoms with Crippen LogP contribution in [0.4, 0.5) is 5.00 Å². The fourth-order valence-electron chi connectivity index (χ4n) is 2.43. The standard InChI is InChI=1S/C15H20N2O3S/c1-9-7-12(17-14(18)10-4-5-10)21-13(9)15(19)16-8-11-3-2-6-20-11/h7,10-11H,2-6,8H2,1H3,(H,16,19)(H,17,18). The molecule has 1 atom stereocenters. The Bertz CT molecular complexity index is 545. The quantitative estimate of drug-likeness (QED) is 0.877. The third-order valence-corrected chi connectivity index (χ3v) is 4.98. The van der Waals surface area contributed by atoms with Gasteiger partial charge in [-0.3, -0.25) is 9.59 Å². The molecule has 2 fully saturated rings. The minimum atomic E-state index is -0.0834. The zero-order valence-corrected chi connectivity index (χ0v) is 12.9. The van der Waals surface area contributed by atoms with Crippen molar-refractivity contribution in [3.63, 3.8) is 0 Å². The summed E-state index contributed by atoms with van der Waals surface area (Å²) < 4.78 is 5.49. The van der Waals surface area contributed by atoms with Crippen molar-refractivity contribution in [3.05, 3.63) is 16.5 Å². The molecule has 1 saturated heterocycles. The minimum absolute atomic E-state index is 0.0718. The molecule has 0 radical (unpaired) electrons. The summed E-state index contributed by atoms with van der Waals surface area (Å²) in [6, 6.07) is 1.87. The third kappa shape index (κ3) is 3.63. The van der Waals surface area contributed by atoms with Crippen LogP contribution in [0.2, 0.25) is 0 Å². The highest BCUT2D eigenvalue weighted by atomic mass is 32.1. The molecular weight excluding hydrogens is 288 g/mol. The molecule has 2 N–H and O–H groups in total. The Morgan fingerprint density at radius 2 is 2.19 bits per heavy atom. The number of thiophene rings is 1. The molecular formula is C15H20N2O3S. The molecule has 2 amide bonds. The van der Waals surface area contributed by atoms with Gasteiger partial charge in [-0.25, -0.2) is 0 Å². The van der Waals surface area contributed by atoms with Gasteiger partial charge in [-0.2, -0.15) is 0 Å². The second-order valence-corrected chi connectivity index (χ2v) is 6.78. The van der Waals surface area contributed by atoms with Crippen molar-refractivity contribution >= 4 is 28.2 Å². The van der Waals surface area contributed by atoms with Crippen molar-refractivity contribution in [1.29, 1.82) is 0 Å². The normalized spacial score (nSPS) is 21.3. The van der Waals surface area contributed by atoms with Crippen molar-refractivity contribution in [2.75, 3.05) is 18.5 Å². The fourth-order valence-corrected chi connectivity index (χ4v) is 3.42. The van der Waals surface area contributed by atoms with E-state index in [-0.39, 0.29) is 23.8 Å². The van der Waals surface area contributed by atoms with Gasteiger partial charge in [0, 0.05) is 19.1 Å². The molecule has 0 spiro atoms. The first kappa shape index (κ1) is 14.5. The highest BCUT2D eigenvalue weighted by Crippen LogP contribution is 2.32. The molecule has 0 aromatic carbocycles. The van der Waals surface area contributed by atoms with Crippen LogP contribution >= 0.6 is 11.3 Å². The fraction of sp³-hybridized carbons (Fsp3) is 0.600. The van der Waals surface area contributed by atoms with Gasteiger partial charge in [0.2, 0.25) is 5.91 Å². The molecule has 1 saturated carbocycles. The molecule has 1 unspecified atom stereocenters. The van der Waals surface area contributed by atoms with Gasteiger partial charge in [0.15, 0.2) is 0 Å².